The number of aromatic hydroxyl groups is 1. The number of ether oxygens (including phenoxy) is 1. The lowest BCUT2D eigenvalue weighted by atomic mass is 9.62. The van der Waals surface area contributed by atoms with Gasteiger partial charge in [-0.15, -0.1) is 5.46 Å². The summed E-state index contributed by atoms with van der Waals surface area (Å²) in [4.78, 5) is 11.9. The van der Waals surface area contributed by atoms with E-state index in [4.69, 9.17) is 47.0 Å². The highest BCUT2D eigenvalue weighted by atomic mass is 32.2. The second-order valence-corrected chi connectivity index (χ2v) is 9.79. The molecule has 1 atom stereocenters. The van der Waals surface area contributed by atoms with Gasteiger partial charge in [0.1, 0.15) is 54.7 Å². The molecule has 0 bridgehead atoms. The van der Waals surface area contributed by atoms with Crippen LogP contribution >= 0.6 is 11.9 Å². The molecule has 8 radical (unpaired) electrons. The molecule has 0 spiro atoms. The Balaban J connectivity index is 1.63. The van der Waals surface area contributed by atoms with Crippen LogP contribution in [0.2, 0.25) is 0 Å². The first-order valence-corrected chi connectivity index (χ1v) is 11.7. The van der Waals surface area contributed by atoms with Gasteiger partial charge in [-0.25, -0.2) is 8.70 Å². The summed E-state index contributed by atoms with van der Waals surface area (Å²) in [6.07, 6.45) is 0.188. The van der Waals surface area contributed by atoms with Gasteiger partial charge in [0.2, 0.25) is 0 Å². The smallest absolute Gasteiger partial charge is 0.320 e. The molecule has 36 heavy (non-hydrogen) atoms. The Morgan fingerprint density at radius 3 is 2.44 bits per heavy atom. The molecule has 1 unspecified atom stereocenters. The fraction of sp³-hybridized carbons (Fsp3) is 0.208. The minimum Gasteiger partial charge on any atom is -0.509 e. The average Bonchev–Trinajstić information content (AvgIpc) is 2.80. The Labute approximate surface area is 218 Å². The zero-order valence-electron chi connectivity index (χ0n) is 19.1. The number of hydrogen-bond donors (Lipinski definition) is 3. The van der Waals surface area contributed by atoms with Crippen molar-refractivity contribution in [1.82, 2.24) is 4.31 Å². The van der Waals surface area contributed by atoms with Crippen LogP contribution in [0.25, 0.3) is 0 Å². The van der Waals surface area contributed by atoms with Gasteiger partial charge in [0, 0.05) is 11.0 Å². The summed E-state index contributed by atoms with van der Waals surface area (Å²) in [5, 5.41) is 19.5. The minimum absolute atomic E-state index is 0.0208. The van der Waals surface area contributed by atoms with Crippen molar-refractivity contribution in [2.75, 3.05) is 13.1 Å². The van der Waals surface area contributed by atoms with Gasteiger partial charge in [0.05, 0.1) is 13.1 Å². The molecule has 3 aromatic carbocycles. The van der Waals surface area contributed by atoms with Crippen molar-refractivity contribution < 1.29 is 24.1 Å². The first-order valence-electron chi connectivity index (χ1n) is 10.9. The highest BCUT2D eigenvalue weighted by molar-refractivity contribution is 7.97. The number of carbonyl (C=O) groups is 1. The maximum Gasteiger partial charge on any atom is 0.320 e. The third kappa shape index (κ3) is 5.16. The molecule has 174 valence electrons. The van der Waals surface area contributed by atoms with Crippen LogP contribution in [0.3, 0.4) is 0 Å². The summed E-state index contributed by atoms with van der Waals surface area (Å²) in [6, 6.07) is 12.0. The maximum absolute atomic E-state index is 13.9. The predicted octanol–water partition coefficient (Wildman–Crippen LogP) is -1.04. The van der Waals surface area contributed by atoms with Crippen molar-refractivity contribution in [3.05, 3.63) is 65.5 Å². The summed E-state index contributed by atoms with van der Waals surface area (Å²) < 4.78 is 22.1. The predicted molar refractivity (Wildman–Crippen MR) is 142 cm³/mol. The molecular formula is C24H19B4FN2O4S. The van der Waals surface area contributed by atoms with Crippen LogP contribution in [0, 0.1) is 5.82 Å². The molecule has 0 aromatic heterocycles. The zero-order chi connectivity index (χ0) is 26.2. The van der Waals surface area contributed by atoms with Crippen molar-refractivity contribution in [3.63, 3.8) is 0 Å². The number of phenols is 1. The van der Waals surface area contributed by atoms with Gasteiger partial charge < -0.3 is 20.7 Å². The van der Waals surface area contributed by atoms with Crippen LogP contribution in [0.1, 0.15) is 11.1 Å². The number of carboxylic acid groups (broad SMARTS) is 1. The first kappa shape index (κ1) is 26.3. The lowest BCUT2D eigenvalue weighted by Crippen LogP contribution is -2.65. The minimum atomic E-state index is -1.16. The van der Waals surface area contributed by atoms with Crippen LogP contribution < -0.4 is 32.3 Å². The molecule has 1 aliphatic rings. The maximum atomic E-state index is 13.9. The Morgan fingerprint density at radius 2 is 1.78 bits per heavy atom. The molecule has 3 aromatic rings. The van der Waals surface area contributed by atoms with Crippen LogP contribution in [-0.4, -0.2) is 71.0 Å². The van der Waals surface area contributed by atoms with Crippen LogP contribution in [0.4, 0.5) is 4.39 Å². The van der Waals surface area contributed by atoms with E-state index < -0.39 is 29.2 Å². The molecule has 4 N–H and O–H groups in total. The molecule has 4 rings (SSSR count). The van der Waals surface area contributed by atoms with E-state index in [9.17, 15) is 14.3 Å². The van der Waals surface area contributed by atoms with Gasteiger partial charge in [-0.3, -0.25) is 4.79 Å². The molecule has 6 nitrogen and oxygen atoms in total. The Bertz CT molecular complexity index is 1290. The number of carboxylic acids is 1. The molecule has 0 aliphatic carbocycles. The SMILES string of the molecule is [B]c1c([B])c(O)c([B])c(C2(Oc3cccc(F)c3)CN(Sc3cccc(CC(N)C(=O)O)c3)C2)c1[B]. The van der Waals surface area contributed by atoms with Gasteiger partial charge in [-0.05, 0) is 59.2 Å². The number of aliphatic carboxylic acids is 1. The number of halogens is 1. The molecular weight excluding hydrogens is 475 g/mol. The summed E-state index contributed by atoms with van der Waals surface area (Å²) in [7, 11) is 24.4. The molecule has 1 saturated heterocycles. The van der Waals surface area contributed by atoms with E-state index in [1.54, 1.807) is 6.07 Å². The van der Waals surface area contributed by atoms with Crippen LogP contribution in [0.5, 0.6) is 11.5 Å². The van der Waals surface area contributed by atoms with Crippen molar-refractivity contribution in [2.24, 2.45) is 5.73 Å². The standard InChI is InChI=1S/C24H19B4FN2O4S/c25-18-17(19(26)22(32)21(28)20(18)27)24(35-14-5-2-4-13(29)9-14)10-31(11-24)36-15-6-1-3-12(7-15)8-16(30)23(33)34/h1-7,9,16,32H,8,10-11,30H2,(H,33,34). The Morgan fingerprint density at radius 1 is 1.08 bits per heavy atom. The third-order valence-electron chi connectivity index (χ3n) is 5.96. The normalized spacial score (nSPS) is 15.7. The number of rotatable bonds is 8. The van der Waals surface area contributed by atoms with E-state index in [1.165, 1.54) is 30.1 Å². The average molecular weight is 494 g/mol. The lowest BCUT2D eigenvalue weighted by molar-refractivity contribution is -0.138. The highest BCUT2D eigenvalue weighted by Crippen LogP contribution is 2.41. The largest absolute Gasteiger partial charge is 0.509 e. The van der Waals surface area contributed by atoms with E-state index in [1.807, 2.05) is 28.6 Å². The van der Waals surface area contributed by atoms with Crippen molar-refractivity contribution >= 4 is 71.2 Å². The highest BCUT2D eigenvalue weighted by Gasteiger charge is 2.49. The summed E-state index contributed by atoms with van der Waals surface area (Å²) in [5.41, 5.74) is 5.42. The Hall–Kier alpha value is -2.81. The zero-order valence-corrected chi connectivity index (χ0v) is 20.0. The quantitative estimate of drug-likeness (QED) is 0.272. The summed E-state index contributed by atoms with van der Waals surface area (Å²) >= 11 is 1.40. The molecule has 1 aliphatic heterocycles. The van der Waals surface area contributed by atoms with Crippen LogP contribution in [-0.2, 0) is 16.8 Å². The summed E-state index contributed by atoms with van der Waals surface area (Å²) in [5.74, 6) is -1.70. The first-order chi connectivity index (χ1) is 17.0. The fourth-order valence-electron chi connectivity index (χ4n) is 4.14. The number of nitrogens with two attached hydrogens (primary N) is 1. The van der Waals surface area contributed by atoms with Crippen LogP contribution in [0.15, 0.2) is 53.4 Å². The van der Waals surface area contributed by atoms with Gasteiger partial charge in [0.15, 0.2) is 5.60 Å². The molecule has 12 heteroatoms. The molecule has 1 fully saturated rings. The van der Waals surface area contributed by atoms with E-state index in [0.29, 0.717) is 0 Å². The second kappa shape index (κ2) is 10.3. The molecule has 0 amide bonds. The third-order valence-corrected chi connectivity index (χ3v) is 6.94. The van der Waals surface area contributed by atoms with E-state index in [2.05, 4.69) is 0 Å². The van der Waals surface area contributed by atoms with E-state index in [0.717, 1.165) is 10.5 Å². The van der Waals surface area contributed by atoms with E-state index >= 15 is 0 Å². The number of phenolic OH excluding ortho intramolecular Hbond substituents is 1. The van der Waals surface area contributed by atoms with E-state index in [-0.39, 0.29) is 52.7 Å². The fourth-order valence-corrected chi connectivity index (χ4v) is 5.33. The van der Waals surface area contributed by atoms with Gasteiger partial charge in [-0.1, -0.05) is 29.1 Å². The summed E-state index contributed by atoms with van der Waals surface area (Å²) in [6.45, 7) is 0.508. The van der Waals surface area contributed by atoms with Crippen molar-refractivity contribution in [2.45, 2.75) is 23.0 Å². The Kier molecular flexibility index (Phi) is 7.50. The van der Waals surface area contributed by atoms with Crippen molar-refractivity contribution in [3.8, 4) is 11.5 Å². The second-order valence-electron chi connectivity index (χ2n) is 8.62. The van der Waals surface area contributed by atoms with Gasteiger partial charge >= 0.3 is 5.97 Å². The number of hydrogen-bond acceptors (Lipinski definition) is 6. The topological polar surface area (TPSA) is 96.0 Å². The van der Waals surface area contributed by atoms with Gasteiger partial charge in [0.25, 0.3) is 0 Å². The molecule has 0 saturated carbocycles. The number of benzene rings is 3. The lowest BCUT2D eigenvalue weighted by Gasteiger charge is -2.51. The van der Waals surface area contributed by atoms with Crippen molar-refractivity contribution in [1.29, 1.82) is 0 Å². The van der Waals surface area contributed by atoms with Gasteiger partial charge in [-0.2, -0.15) is 0 Å². The number of nitrogens with zero attached hydrogens (tertiary/aromatic N) is 1. The monoisotopic (exact) mass is 494 g/mol. The molecule has 1 heterocycles.